The molecule has 1 rings (SSSR count). The van der Waals surface area contributed by atoms with E-state index < -0.39 is 0 Å². The van der Waals surface area contributed by atoms with Crippen LogP contribution in [-0.4, -0.2) is 25.0 Å². The Kier molecular flexibility index (Phi) is 4.11. The molecule has 1 aliphatic rings. The SMILES string of the molecule is COC(=O)CSC1=CC=NC=CN1. The van der Waals surface area contributed by atoms with Gasteiger partial charge in [-0.1, -0.05) is 11.8 Å². The van der Waals surface area contributed by atoms with Crippen molar-refractivity contribution in [3.63, 3.8) is 0 Å². The highest BCUT2D eigenvalue weighted by Gasteiger charge is 2.02. The number of ether oxygens (including phenoxy) is 1. The number of methoxy groups -OCH3 is 1. The Hall–Kier alpha value is -1.23. The van der Waals surface area contributed by atoms with E-state index in [1.165, 1.54) is 18.9 Å². The van der Waals surface area contributed by atoms with Gasteiger partial charge in [0.05, 0.1) is 17.9 Å². The summed E-state index contributed by atoms with van der Waals surface area (Å²) in [6.45, 7) is 0. The second-order valence-electron chi connectivity index (χ2n) is 2.15. The molecule has 0 radical (unpaired) electrons. The van der Waals surface area contributed by atoms with E-state index in [0.29, 0.717) is 5.75 Å². The quantitative estimate of drug-likeness (QED) is 0.684. The number of aliphatic imine (C=N–C) groups is 1. The van der Waals surface area contributed by atoms with Gasteiger partial charge in [-0.3, -0.25) is 9.79 Å². The number of hydrogen-bond donors (Lipinski definition) is 1. The molecule has 70 valence electrons. The Morgan fingerprint density at radius 1 is 1.77 bits per heavy atom. The zero-order valence-corrected chi connectivity index (χ0v) is 8.00. The van der Waals surface area contributed by atoms with Gasteiger partial charge in [0, 0.05) is 18.6 Å². The average Bonchev–Trinajstić information content (AvgIpc) is 2.42. The molecule has 5 heteroatoms. The summed E-state index contributed by atoms with van der Waals surface area (Å²) in [7, 11) is 1.37. The molecule has 0 saturated heterocycles. The highest BCUT2D eigenvalue weighted by atomic mass is 32.2. The fourth-order valence-electron chi connectivity index (χ4n) is 0.656. The van der Waals surface area contributed by atoms with Gasteiger partial charge in [0.25, 0.3) is 0 Å². The summed E-state index contributed by atoms with van der Waals surface area (Å²) >= 11 is 1.38. The molecule has 1 heterocycles. The maximum atomic E-state index is 10.8. The van der Waals surface area contributed by atoms with E-state index >= 15 is 0 Å². The third-order valence-electron chi connectivity index (χ3n) is 1.27. The van der Waals surface area contributed by atoms with Crippen molar-refractivity contribution >= 4 is 23.9 Å². The van der Waals surface area contributed by atoms with Crippen molar-refractivity contribution in [3.8, 4) is 0 Å². The second kappa shape index (κ2) is 5.42. The minimum Gasteiger partial charge on any atom is -0.468 e. The first-order valence-corrected chi connectivity index (χ1v) is 4.66. The van der Waals surface area contributed by atoms with Crippen LogP contribution in [-0.2, 0) is 9.53 Å². The van der Waals surface area contributed by atoms with E-state index in [0.717, 1.165) is 5.03 Å². The van der Waals surface area contributed by atoms with Crippen molar-refractivity contribution in [1.82, 2.24) is 5.32 Å². The van der Waals surface area contributed by atoms with E-state index in [-0.39, 0.29) is 5.97 Å². The van der Waals surface area contributed by atoms with Crippen LogP contribution in [0, 0.1) is 0 Å². The highest BCUT2D eigenvalue weighted by Crippen LogP contribution is 2.12. The highest BCUT2D eigenvalue weighted by molar-refractivity contribution is 8.03. The average molecular weight is 198 g/mol. The third kappa shape index (κ3) is 3.80. The normalized spacial score (nSPS) is 14.4. The zero-order valence-electron chi connectivity index (χ0n) is 7.19. The predicted octanol–water partition coefficient (Wildman–Crippen LogP) is 0.879. The Morgan fingerprint density at radius 2 is 2.62 bits per heavy atom. The molecule has 1 aliphatic heterocycles. The summed E-state index contributed by atoms with van der Waals surface area (Å²) in [5.74, 6) is 0.0645. The lowest BCUT2D eigenvalue weighted by molar-refractivity contribution is -0.137. The molecule has 0 aromatic heterocycles. The maximum absolute atomic E-state index is 10.8. The first-order chi connectivity index (χ1) is 6.33. The van der Waals surface area contributed by atoms with Crippen LogP contribution < -0.4 is 5.32 Å². The van der Waals surface area contributed by atoms with Crippen molar-refractivity contribution in [2.45, 2.75) is 0 Å². The molecule has 1 N–H and O–H groups in total. The predicted molar refractivity (Wildman–Crippen MR) is 53.3 cm³/mol. The number of carbonyl (C=O) groups is 1. The molecule has 13 heavy (non-hydrogen) atoms. The van der Waals surface area contributed by atoms with Crippen molar-refractivity contribution in [1.29, 1.82) is 0 Å². The Labute approximate surface area is 80.8 Å². The zero-order chi connectivity index (χ0) is 9.52. The summed E-state index contributed by atoms with van der Waals surface area (Å²) in [6, 6.07) is 0. The number of esters is 1. The van der Waals surface area contributed by atoms with Crippen LogP contribution in [0.25, 0.3) is 0 Å². The van der Waals surface area contributed by atoms with E-state index in [4.69, 9.17) is 0 Å². The standard InChI is InChI=1S/C8H10N2O2S/c1-12-8(11)6-13-7-2-3-9-4-5-10-7/h2-5,10H,6H2,1H3. The lowest BCUT2D eigenvalue weighted by atomic mass is 10.6. The van der Waals surface area contributed by atoms with Crippen molar-refractivity contribution in [2.75, 3.05) is 12.9 Å². The smallest absolute Gasteiger partial charge is 0.316 e. The monoisotopic (exact) mass is 198 g/mol. The van der Waals surface area contributed by atoms with Crippen LogP contribution in [0.15, 0.2) is 28.5 Å². The van der Waals surface area contributed by atoms with Gasteiger partial charge in [0.15, 0.2) is 0 Å². The Balaban J connectivity index is 2.36. The third-order valence-corrected chi connectivity index (χ3v) is 2.22. The van der Waals surface area contributed by atoms with E-state index in [1.807, 2.05) is 0 Å². The number of thioether (sulfide) groups is 1. The first-order valence-electron chi connectivity index (χ1n) is 3.67. The number of allylic oxidation sites excluding steroid dienone is 1. The largest absolute Gasteiger partial charge is 0.468 e. The lowest BCUT2D eigenvalue weighted by Crippen LogP contribution is -2.07. The second-order valence-corrected chi connectivity index (χ2v) is 3.17. The molecule has 0 fully saturated rings. The number of nitrogens with one attached hydrogen (secondary N) is 1. The molecule has 0 aromatic carbocycles. The van der Waals surface area contributed by atoms with Gasteiger partial charge in [-0.2, -0.15) is 0 Å². The molecule has 0 amide bonds. The van der Waals surface area contributed by atoms with Crippen molar-refractivity contribution in [3.05, 3.63) is 23.5 Å². The Morgan fingerprint density at radius 3 is 3.38 bits per heavy atom. The van der Waals surface area contributed by atoms with Gasteiger partial charge >= 0.3 is 5.97 Å². The van der Waals surface area contributed by atoms with Crippen LogP contribution in [0.1, 0.15) is 0 Å². The van der Waals surface area contributed by atoms with E-state index in [1.54, 1.807) is 24.7 Å². The minimum absolute atomic E-state index is 0.238. The van der Waals surface area contributed by atoms with Crippen LogP contribution in [0.5, 0.6) is 0 Å². The molecule has 0 aliphatic carbocycles. The maximum Gasteiger partial charge on any atom is 0.316 e. The van der Waals surface area contributed by atoms with Crippen LogP contribution in [0.2, 0.25) is 0 Å². The molecule has 0 saturated carbocycles. The number of rotatable bonds is 3. The molecule has 0 bridgehead atoms. The molecule has 0 spiro atoms. The molecular weight excluding hydrogens is 188 g/mol. The summed E-state index contributed by atoms with van der Waals surface area (Å²) in [4.78, 5) is 14.7. The van der Waals surface area contributed by atoms with Gasteiger partial charge in [0.1, 0.15) is 0 Å². The topological polar surface area (TPSA) is 50.7 Å². The molecule has 0 atom stereocenters. The number of nitrogens with zero attached hydrogens (tertiary/aromatic N) is 1. The van der Waals surface area contributed by atoms with Crippen LogP contribution >= 0.6 is 11.8 Å². The van der Waals surface area contributed by atoms with E-state index in [2.05, 4.69) is 15.0 Å². The van der Waals surface area contributed by atoms with Crippen LogP contribution in [0.3, 0.4) is 0 Å². The van der Waals surface area contributed by atoms with Crippen molar-refractivity contribution in [2.24, 2.45) is 4.99 Å². The van der Waals surface area contributed by atoms with Gasteiger partial charge in [-0.25, -0.2) is 0 Å². The summed E-state index contributed by atoms with van der Waals surface area (Å²) in [6.07, 6.45) is 6.81. The van der Waals surface area contributed by atoms with Crippen molar-refractivity contribution < 1.29 is 9.53 Å². The molecule has 0 aromatic rings. The van der Waals surface area contributed by atoms with Gasteiger partial charge in [0.2, 0.25) is 0 Å². The lowest BCUT2D eigenvalue weighted by Gasteiger charge is -2.03. The summed E-state index contributed by atoms with van der Waals surface area (Å²) in [5, 5.41) is 3.85. The Bertz CT molecular complexity index is 271. The number of hydrogen-bond acceptors (Lipinski definition) is 5. The van der Waals surface area contributed by atoms with Crippen LogP contribution in [0.4, 0.5) is 0 Å². The molecule has 0 unspecified atom stereocenters. The van der Waals surface area contributed by atoms with E-state index in [9.17, 15) is 4.79 Å². The summed E-state index contributed by atoms with van der Waals surface area (Å²) in [5.41, 5.74) is 0. The fourth-order valence-corrected chi connectivity index (χ4v) is 1.36. The van der Waals surface area contributed by atoms with Gasteiger partial charge in [-0.15, -0.1) is 0 Å². The summed E-state index contributed by atoms with van der Waals surface area (Å²) < 4.78 is 4.51. The first kappa shape index (κ1) is 9.85. The number of carbonyl (C=O) groups excluding carboxylic acids is 1. The fraction of sp³-hybridized carbons (Fsp3) is 0.250. The minimum atomic E-state index is -0.238. The van der Waals surface area contributed by atoms with Gasteiger partial charge < -0.3 is 10.1 Å². The van der Waals surface area contributed by atoms with Gasteiger partial charge in [-0.05, 0) is 6.08 Å². The molecular formula is C8H10N2O2S. The molecule has 4 nitrogen and oxygen atoms in total.